The van der Waals surface area contributed by atoms with Gasteiger partial charge >= 0.3 is 5.97 Å². The monoisotopic (exact) mass is 275 g/mol. The number of amides is 1. The fourth-order valence-corrected chi connectivity index (χ4v) is 2.12. The molecule has 0 saturated carbocycles. The van der Waals surface area contributed by atoms with Gasteiger partial charge in [0.25, 0.3) is 0 Å². The number of nitrogens with one attached hydrogen (secondary N) is 1. The minimum Gasteiger partial charge on any atom is -0.480 e. The molecule has 1 aromatic heterocycles. The Labute approximate surface area is 107 Å². The third kappa shape index (κ3) is 4.58. The molecule has 0 fully saturated rings. The van der Waals surface area contributed by atoms with Crippen LogP contribution in [0.1, 0.15) is 6.92 Å². The van der Waals surface area contributed by atoms with Crippen molar-refractivity contribution in [3.05, 3.63) is 17.5 Å². The van der Waals surface area contributed by atoms with E-state index in [2.05, 4.69) is 15.3 Å². The van der Waals surface area contributed by atoms with Crippen LogP contribution in [0.15, 0.2) is 17.6 Å². The van der Waals surface area contributed by atoms with Crippen LogP contribution in [-0.4, -0.2) is 38.7 Å². The molecule has 0 radical (unpaired) electrons. The first kappa shape index (κ1) is 13.7. The van der Waals surface area contributed by atoms with Crippen molar-refractivity contribution in [2.45, 2.75) is 18.0 Å². The molecule has 0 aliphatic rings. The molecule has 1 aromatic rings. The maximum atomic E-state index is 10.8. The highest BCUT2D eigenvalue weighted by atomic mass is 35.5. The SMILES string of the molecule is CC(=O)N[C@@H](CSc1ncncc1Cl)C(=O)O. The Morgan fingerprint density at radius 1 is 1.65 bits per heavy atom. The highest BCUT2D eigenvalue weighted by Gasteiger charge is 2.19. The number of rotatable bonds is 5. The maximum Gasteiger partial charge on any atom is 0.327 e. The van der Waals surface area contributed by atoms with Crippen LogP contribution in [0.4, 0.5) is 0 Å². The van der Waals surface area contributed by atoms with Crippen LogP contribution in [0.25, 0.3) is 0 Å². The summed E-state index contributed by atoms with van der Waals surface area (Å²) in [4.78, 5) is 29.3. The van der Waals surface area contributed by atoms with Crippen LogP contribution in [0.3, 0.4) is 0 Å². The van der Waals surface area contributed by atoms with Crippen LogP contribution in [0.5, 0.6) is 0 Å². The molecule has 0 aliphatic carbocycles. The summed E-state index contributed by atoms with van der Waals surface area (Å²) in [5.41, 5.74) is 0. The number of aromatic nitrogens is 2. The van der Waals surface area contributed by atoms with Gasteiger partial charge in [-0.2, -0.15) is 0 Å². The number of carbonyl (C=O) groups is 2. The third-order valence-electron chi connectivity index (χ3n) is 1.70. The Morgan fingerprint density at radius 2 is 2.35 bits per heavy atom. The molecule has 1 rings (SSSR count). The zero-order valence-corrected chi connectivity index (χ0v) is 10.5. The predicted octanol–water partition coefficient (Wildman–Crippen LogP) is 0.811. The topological polar surface area (TPSA) is 92.2 Å². The van der Waals surface area contributed by atoms with Crippen LogP contribution in [-0.2, 0) is 9.59 Å². The van der Waals surface area contributed by atoms with E-state index in [0.29, 0.717) is 10.0 Å². The van der Waals surface area contributed by atoms with Gasteiger partial charge in [-0.25, -0.2) is 14.8 Å². The molecule has 8 heteroatoms. The average Bonchev–Trinajstić information content (AvgIpc) is 2.25. The summed E-state index contributed by atoms with van der Waals surface area (Å²) in [7, 11) is 0. The standard InChI is InChI=1S/C9H10ClN3O3S/c1-5(14)13-7(9(15)16)3-17-8-6(10)2-11-4-12-8/h2,4,7H,3H2,1H3,(H,13,14)(H,15,16)/t7-/m0/s1. The molecule has 1 heterocycles. The van der Waals surface area contributed by atoms with Crippen LogP contribution in [0.2, 0.25) is 5.02 Å². The molecular weight excluding hydrogens is 266 g/mol. The summed E-state index contributed by atoms with van der Waals surface area (Å²) in [6, 6.07) is -0.969. The normalized spacial score (nSPS) is 11.9. The number of aliphatic carboxylic acids is 1. The summed E-state index contributed by atoms with van der Waals surface area (Å²) >= 11 is 6.96. The number of hydrogen-bond donors (Lipinski definition) is 2. The van der Waals surface area contributed by atoms with Gasteiger partial charge < -0.3 is 10.4 Å². The van der Waals surface area contributed by atoms with Crippen molar-refractivity contribution in [1.82, 2.24) is 15.3 Å². The largest absolute Gasteiger partial charge is 0.480 e. The Bertz CT molecular complexity index is 430. The molecule has 17 heavy (non-hydrogen) atoms. The van der Waals surface area contributed by atoms with E-state index in [0.717, 1.165) is 11.8 Å². The lowest BCUT2D eigenvalue weighted by molar-refractivity contribution is -0.140. The van der Waals surface area contributed by atoms with Gasteiger partial charge in [-0.05, 0) is 0 Å². The fraction of sp³-hybridized carbons (Fsp3) is 0.333. The molecule has 2 N–H and O–H groups in total. The lowest BCUT2D eigenvalue weighted by Gasteiger charge is -2.12. The van der Waals surface area contributed by atoms with Gasteiger partial charge in [-0.15, -0.1) is 11.8 Å². The quantitative estimate of drug-likeness (QED) is 0.610. The molecule has 1 amide bonds. The van der Waals surface area contributed by atoms with Crippen LogP contribution in [0, 0.1) is 0 Å². The summed E-state index contributed by atoms with van der Waals surface area (Å²) in [6.45, 7) is 1.26. The second-order valence-electron chi connectivity index (χ2n) is 3.08. The van der Waals surface area contributed by atoms with Gasteiger partial charge in [-0.1, -0.05) is 11.6 Å². The van der Waals surface area contributed by atoms with E-state index in [1.807, 2.05) is 0 Å². The van der Waals surface area contributed by atoms with Crippen molar-refractivity contribution >= 4 is 35.2 Å². The highest BCUT2D eigenvalue weighted by molar-refractivity contribution is 7.99. The van der Waals surface area contributed by atoms with E-state index in [1.165, 1.54) is 19.4 Å². The molecule has 92 valence electrons. The predicted molar refractivity (Wildman–Crippen MR) is 63.0 cm³/mol. The number of nitrogens with zero attached hydrogens (tertiary/aromatic N) is 2. The minimum atomic E-state index is -1.10. The van der Waals surface area contributed by atoms with Crippen molar-refractivity contribution in [3.8, 4) is 0 Å². The van der Waals surface area contributed by atoms with E-state index >= 15 is 0 Å². The minimum absolute atomic E-state index is 0.144. The van der Waals surface area contributed by atoms with E-state index in [1.54, 1.807) is 0 Å². The number of carboxylic acid groups (broad SMARTS) is 1. The number of halogens is 1. The Hall–Kier alpha value is -1.34. The fourth-order valence-electron chi connectivity index (χ4n) is 0.990. The molecule has 0 spiro atoms. The van der Waals surface area contributed by atoms with Gasteiger partial charge in [0, 0.05) is 12.7 Å². The van der Waals surface area contributed by atoms with Gasteiger partial charge in [0.15, 0.2) is 0 Å². The Morgan fingerprint density at radius 3 is 2.88 bits per heavy atom. The van der Waals surface area contributed by atoms with Crippen molar-refractivity contribution in [1.29, 1.82) is 0 Å². The average molecular weight is 276 g/mol. The van der Waals surface area contributed by atoms with E-state index < -0.39 is 17.9 Å². The Kier molecular flexibility index (Phi) is 5.17. The molecule has 6 nitrogen and oxygen atoms in total. The lowest BCUT2D eigenvalue weighted by Crippen LogP contribution is -2.41. The van der Waals surface area contributed by atoms with Gasteiger partial charge in [-0.3, -0.25) is 4.79 Å². The van der Waals surface area contributed by atoms with Crippen LogP contribution < -0.4 is 5.32 Å². The Balaban J connectivity index is 2.61. The summed E-state index contributed by atoms with van der Waals surface area (Å²) in [6.07, 6.45) is 2.74. The third-order valence-corrected chi connectivity index (χ3v) is 3.18. The summed E-state index contributed by atoms with van der Waals surface area (Å²) in [5, 5.41) is 12.0. The van der Waals surface area contributed by atoms with E-state index in [-0.39, 0.29) is 5.75 Å². The maximum absolute atomic E-state index is 10.8. The number of carboxylic acids is 1. The number of thioether (sulfide) groups is 1. The smallest absolute Gasteiger partial charge is 0.327 e. The van der Waals surface area contributed by atoms with E-state index in [4.69, 9.17) is 16.7 Å². The lowest BCUT2D eigenvalue weighted by atomic mass is 10.3. The van der Waals surface area contributed by atoms with Gasteiger partial charge in [0.2, 0.25) is 5.91 Å². The van der Waals surface area contributed by atoms with E-state index in [9.17, 15) is 9.59 Å². The van der Waals surface area contributed by atoms with Gasteiger partial charge in [0.05, 0.1) is 11.2 Å². The van der Waals surface area contributed by atoms with Crippen molar-refractivity contribution in [3.63, 3.8) is 0 Å². The van der Waals surface area contributed by atoms with Crippen molar-refractivity contribution in [2.75, 3.05) is 5.75 Å². The first-order chi connectivity index (χ1) is 8.00. The van der Waals surface area contributed by atoms with Crippen molar-refractivity contribution < 1.29 is 14.7 Å². The van der Waals surface area contributed by atoms with Crippen molar-refractivity contribution in [2.24, 2.45) is 0 Å². The molecule has 0 aliphatic heterocycles. The van der Waals surface area contributed by atoms with Gasteiger partial charge in [0.1, 0.15) is 17.4 Å². The summed E-state index contributed by atoms with van der Waals surface area (Å²) < 4.78 is 0. The first-order valence-corrected chi connectivity index (χ1v) is 5.95. The zero-order valence-electron chi connectivity index (χ0n) is 8.88. The molecule has 0 aromatic carbocycles. The number of hydrogen-bond acceptors (Lipinski definition) is 5. The first-order valence-electron chi connectivity index (χ1n) is 4.59. The zero-order chi connectivity index (χ0) is 12.8. The molecular formula is C9H10ClN3O3S. The molecule has 0 bridgehead atoms. The molecule has 0 saturated heterocycles. The summed E-state index contributed by atoms with van der Waals surface area (Å²) in [5.74, 6) is -1.35. The second kappa shape index (κ2) is 6.41. The second-order valence-corrected chi connectivity index (χ2v) is 4.49. The molecule has 0 unspecified atom stereocenters. The van der Waals surface area contributed by atoms with Crippen LogP contribution >= 0.6 is 23.4 Å². The highest BCUT2D eigenvalue weighted by Crippen LogP contribution is 2.23. The number of carbonyl (C=O) groups excluding carboxylic acids is 1. The molecule has 1 atom stereocenters.